The van der Waals surface area contributed by atoms with E-state index in [4.69, 9.17) is 10.7 Å². The van der Waals surface area contributed by atoms with Crippen LogP contribution in [0.15, 0.2) is 54.6 Å². The van der Waals surface area contributed by atoms with E-state index >= 15 is 0 Å². The highest BCUT2D eigenvalue weighted by Crippen LogP contribution is 2.36. The molecule has 0 radical (unpaired) electrons. The van der Waals surface area contributed by atoms with Gasteiger partial charge in [0.2, 0.25) is 0 Å². The zero-order valence-corrected chi connectivity index (χ0v) is 14.7. The molecule has 0 spiro atoms. The van der Waals surface area contributed by atoms with Crippen molar-refractivity contribution in [2.24, 2.45) is 0 Å². The fourth-order valence-electron chi connectivity index (χ4n) is 3.48. The maximum absolute atomic E-state index is 6.42. The molecule has 124 valence electrons. The maximum Gasteiger partial charge on any atom is 0.0776 e. The van der Waals surface area contributed by atoms with E-state index in [1.165, 1.54) is 10.8 Å². The van der Waals surface area contributed by atoms with Crippen molar-refractivity contribution in [1.82, 2.24) is 4.98 Å². The summed E-state index contributed by atoms with van der Waals surface area (Å²) in [5.74, 6) is 0. The summed E-state index contributed by atoms with van der Waals surface area (Å²) >= 11 is 0. The number of nitrogens with two attached hydrogens (primary N) is 1. The van der Waals surface area contributed by atoms with Crippen molar-refractivity contribution in [3.63, 3.8) is 0 Å². The second-order valence-electron chi connectivity index (χ2n) is 6.61. The number of nitrogens with zero attached hydrogens (tertiary/aromatic N) is 1. The molecule has 0 amide bonds. The van der Waals surface area contributed by atoms with E-state index < -0.39 is 0 Å². The van der Waals surface area contributed by atoms with Gasteiger partial charge < -0.3 is 11.1 Å². The molecule has 1 heterocycles. The van der Waals surface area contributed by atoms with Gasteiger partial charge in [0.25, 0.3) is 0 Å². The number of nitrogen functional groups attached to an aromatic ring is 1. The largest absolute Gasteiger partial charge is 0.398 e. The Morgan fingerprint density at radius 1 is 0.840 bits per heavy atom. The highest BCUT2D eigenvalue weighted by Gasteiger charge is 2.13. The Bertz CT molecular complexity index is 1110. The summed E-state index contributed by atoms with van der Waals surface area (Å²) in [6.07, 6.45) is 0. The molecule has 1 aromatic heterocycles. The van der Waals surface area contributed by atoms with Gasteiger partial charge >= 0.3 is 0 Å². The van der Waals surface area contributed by atoms with Crippen LogP contribution in [0.2, 0.25) is 0 Å². The Balaban J connectivity index is 1.98. The van der Waals surface area contributed by atoms with Crippen molar-refractivity contribution < 1.29 is 0 Å². The Labute approximate surface area is 147 Å². The zero-order chi connectivity index (χ0) is 17.6. The number of rotatable bonds is 2. The topological polar surface area (TPSA) is 50.9 Å². The standard InChI is InChI=1S/C22H21N3/c1-13-11-14(2)22-20(21(13)23)19(12-15(3)24-22)25-18-10-6-8-16-7-4-5-9-17(16)18/h4-12H,23H2,1-3H3,(H,24,25). The monoisotopic (exact) mass is 327 g/mol. The van der Waals surface area contributed by atoms with E-state index in [1.807, 2.05) is 13.8 Å². The summed E-state index contributed by atoms with van der Waals surface area (Å²) in [6, 6.07) is 18.8. The van der Waals surface area contributed by atoms with E-state index in [-0.39, 0.29) is 0 Å². The van der Waals surface area contributed by atoms with Crippen LogP contribution < -0.4 is 11.1 Å². The second-order valence-corrected chi connectivity index (χ2v) is 6.61. The lowest BCUT2D eigenvalue weighted by Gasteiger charge is -2.16. The van der Waals surface area contributed by atoms with Crippen LogP contribution in [0, 0.1) is 20.8 Å². The van der Waals surface area contributed by atoms with Gasteiger partial charge in [-0.25, -0.2) is 0 Å². The van der Waals surface area contributed by atoms with Crippen molar-refractivity contribution in [2.45, 2.75) is 20.8 Å². The highest BCUT2D eigenvalue weighted by molar-refractivity contribution is 6.06. The molecule has 0 atom stereocenters. The number of fused-ring (bicyclic) bond motifs is 2. The molecule has 0 bridgehead atoms. The minimum Gasteiger partial charge on any atom is -0.398 e. The summed E-state index contributed by atoms with van der Waals surface area (Å²) in [4.78, 5) is 4.72. The van der Waals surface area contributed by atoms with Crippen LogP contribution in [-0.2, 0) is 0 Å². The van der Waals surface area contributed by atoms with Crippen molar-refractivity contribution in [1.29, 1.82) is 0 Å². The van der Waals surface area contributed by atoms with Crippen molar-refractivity contribution in [3.05, 3.63) is 71.4 Å². The zero-order valence-electron chi connectivity index (χ0n) is 14.7. The third-order valence-corrected chi connectivity index (χ3v) is 4.71. The molecule has 3 nitrogen and oxygen atoms in total. The molecule has 4 rings (SSSR count). The van der Waals surface area contributed by atoms with E-state index in [2.05, 4.69) is 66.8 Å². The third-order valence-electron chi connectivity index (χ3n) is 4.71. The number of hydrogen-bond donors (Lipinski definition) is 2. The van der Waals surface area contributed by atoms with Gasteiger partial charge in [0, 0.05) is 27.8 Å². The van der Waals surface area contributed by atoms with Gasteiger partial charge in [0.05, 0.1) is 11.2 Å². The number of nitrogens with one attached hydrogen (secondary N) is 1. The Morgan fingerprint density at radius 2 is 1.60 bits per heavy atom. The first kappa shape index (κ1) is 15.5. The van der Waals surface area contributed by atoms with Crippen molar-refractivity contribution in [2.75, 3.05) is 11.1 Å². The molecular formula is C22H21N3. The molecule has 3 aromatic carbocycles. The fourth-order valence-corrected chi connectivity index (χ4v) is 3.48. The minimum absolute atomic E-state index is 0.788. The lowest BCUT2D eigenvalue weighted by Crippen LogP contribution is -2.01. The van der Waals surface area contributed by atoms with Crippen molar-refractivity contribution >= 4 is 38.7 Å². The summed E-state index contributed by atoms with van der Waals surface area (Å²) < 4.78 is 0. The number of hydrogen-bond acceptors (Lipinski definition) is 3. The molecule has 4 aromatic rings. The van der Waals surface area contributed by atoms with Gasteiger partial charge in [0.15, 0.2) is 0 Å². The number of aromatic nitrogens is 1. The van der Waals surface area contributed by atoms with E-state index in [1.54, 1.807) is 0 Å². The smallest absolute Gasteiger partial charge is 0.0776 e. The molecule has 25 heavy (non-hydrogen) atoms. The van der Waals surface area contributed by atoms with Crippen LogP contribution in [0.1, 0.15) is 16.8 Å². The van der Waals surface area contributed by atoms with Crippen LogP contribution in [0.25, 0.3) is 21.7 Å². The first-order chi connectivity index (χ1) is 12.0. The molecule has 3 N–H and O–H groups in total. The summed E-state index contributed by atoms with van der Waals surface area (Å²) in [5.41, 5.74) is 13.5. The van der Waals surface area contributed by atoms with Gasteiger partial charge in [0.1, 0.15) is 0 Å². The summed E-state index contributed by atoms with van der Waals surface area (Å²) in [7, 11) is 0. The number of anilines is 3. The molecule has 0 aliphatic rings. The van der Waals surface area contributed by atoms with Crippen LogP contribution in [0.3, 0.4) is 0 Å². The normalized spacial score (nSPS) is 11.2. The average Bonchev–Trinajstić information content (AvgIpc) is 2.60. The lowest BCUT2D eigenvalue weighted by molar-refractivity contribution is 1.24. The first-order valence-corrected chi connectivity index (χ1v) is 8.46. The Hall–Kier alpha value is -3.07. The predicted molar refractivity (Wildman–Crippen MR) is 108 cm³/mol. The lowest BCUT2D eigenvalue weighted by atomic mass is 10.0. The molecule has 0 fully saturated rings. The molecule has 0 aliphatic heterocycles. The SMILES string of the molecule is Cc1cc(Nc2cccc3ccccc23)c2c(N)c(C)cc(C)c2n1. The predicted octanol–water partition coefficient (Wildman–Crippen LogP) is 5.64. The number of pyridine rings is 1. The Morgan fingerprint density at radius 3 is 2.44 bits per heavy atom. The van der Waals surface area contributed by atoms with Crippen LogP contribution in [-0.4, -0.2) is 4.98 Å². The number of benzene rings is 3. The fraction of sp³-hybridized carbons (Fsp3) is 0.136. The van der Waals surface area contributed by atoms with Gasteiger partial charge in [-0.1, -0.05) is 42.5 Å². The molecule has 0 unspecified atom stereocenters. The highest BCUT2D eigenvalue weighted by atomic mass is 14.9. The summed E-state index contributed by atoms with van der Waals surface area (Å²) in [5, 5.41) is 7.00. The number of aryl methyl sites for hydroxylation is 3. The molecular weight excluding hydrogens is 306 g/mol. The average molecular weight is 327 g/mol. The van der Waals surface area contributed by atoms with Gasteiger partial charge in [-0.15, -0.1) is 0 Å². The van der Waals surface area contributed by atoms with Crippen LogP contribution in [0.4, 0.5) is 17.1 Å². The summed E-state index contributed by atoms with van der Waals surface area (Å²) in [6.45, 7) is 6.15. The van der Waals surface area contributed by atoms with Gasteiger partial charge in [-0.05, 0) is 49.4 Å². The molecule has 0 saturated heterocycles. The second kappa shape index (κ2) is 5.78. The molecule has 0 saturated carbocycles. The van der Waals surface area contributed by atoms with Crippen LogP contribution >= 0.6 is 0 Å². The van der Waals surface area contributed by atoms with Gasteiger partial charge in [-0.3, -0.25) is 4.98 Å². The van der Waals surface area contributed by atoms with Crippen molar-refractivity contribution in [3.8, 4) is 0 Å². The van der Waals surface area contributed by atoms with Gasteiger partial charge in [-0.2, -0.15) is 0 Å². The Kier molecular flexibility index (Phi) is 3.57. The van der Waals surface area contributed by atoms with E-state index in [9.17, 15) is 0 Å². The van der Waals surface area contributed by atoms with E-state index in [0.717, 1.165) is 44.8 Å². The first-order valence-electron chi connectivity index (χ1n) is 8.46. The quantitative estimate of drug-likeness (QED) is 0.468. The van der Waals surface area contributed by atoms with Crippen LogP contribution in [0.5, 0.6) is 0 Å². The maximum atomic E-state index is 6.42. The third kappa shape index (κ3) is 2.58. The van der Waals surface area contributed by atoms with E-state index in [0.29, 0.717) is 0 Å². The molecule has 3 heteroatoms. The molecule has 0 aliphatic carbocycles. The minimum atomic E-state index is 0.788.